The molecule has 0 heterocycles. The summed E-state index contributed by atoms with van der Waals surface area (Å²) in [6.45, 7) is 1.85. The van der Waals surface area contributed by atoms with E-state index in [0.717, 1.165) is 5.56 Å². The van der Waals surface area contributed by atoms with E-state index >= 15 is 0 Å². The average molecular weight is 295 g/mol. The van der Waals surface area contributed by atoms with Crippen LogP contribution in [0.25, 0.3) is 0 Å². The van der Waals surface area contributed by atoms with Gasteiger partial charge in [0, 0.05) is 10.7 Å². The molecular weight excluding hydrogens is 286 g/mol. The summed E-state index contributed by atoms with van der Waals surface area (Å²) in [6, 6.07) is 9.41. The Balaban J connectivity index is 2.34. The highest BCUT2D eigenvalue weighted by Gasteiger charge is 2.07. The van der Waals surface area contributed by atoms with Crippen molar-refractivity contribution in [3.63, 3.8) is 0 Å². The van der Waals surface area contributed by atoms with Crippen molar-refractivity contribution in [1.82, 2.24) is 0 Å². The fraction of sp³-hybridized carbons (Fsp3) is 0.0714. The van der Waals surface area contributed by atoms with Gasteiger partial charge < -0.3 is 5.32 Å². The average Bonchev–Trinajstić information content (AvgIpc) is 2.36. The predicted molar refractivity (Wildman–Crippen MR) is 75.6 cm³/mol. The van der Waals surface area contributed by atoms with E-state index in [-0.39, 0.29) is 5.56 Å². The number of rotatable bonds is 2. The van der Waals surface area contributed by atoms with Gasteiger partial charge in [0.05, 0.1) is 16.3 Å². The molecule has 0 aliphatic heterocycles. The van der Waals surface area contributed by atoms with Crippen LogP contribution in [0, 0.1) is 24.1 Å². The van der Waals surface area contributed by atoms with E-state index < -0.39 is 5.82 Å². The molecule has 1 N–H and O–H groups in total. The Bertz CT molecular complexity index is 678. The first-order valence-corrected chi connectivity index (χ1v) is 6.19. The van der Waals surface area contributed by atoms with Crippen LogP contribution in [-0.2, 0) is 0 Å². The van der Waals surface area contributed by atoms with E-state index in [1.165, 1.54) is 12.1 Å². The zero-order valence-corrected chi connectivity index (χ0v) is 11.5. The van der Waals surface area contributed by atoms with Crippen LogP contribution in [0.15, 0.2) is 30.3 Å². The lowest BCUT2D eigenvalue weighted by Crippen LogP contribution is -1.94. The van der Waals surface area contributed by atoms with Gasteiger partial charge in [0.15, 0.2) is 0 Å². The van der Waals surface area contributed by atoms with Crippen molar-refractivity contribution in [2.45, 2.75) is 6.92 Å². The number of anilines is 2. The molecule has 0 unspecified atom stereocenters. The molecule has 0 bridgehead atoms. The Morgan fingerprint density at radius 2 is 1.89 bits per heavy atom. The number of aryl methyl sites for hydroxylation is 1. The number of hydrogen-bond acceptors (Lipinski definition) is 2. The van der Waals surface area contributed by atoms with E-state index in [4.69, 9.17) is 28.5 Å². The van der Waals surface area contributed by atoms with Gasteiger partial charge in [-0.25, -0.2) is 4.39 Å². The number of nitrogens with zero attached hydrogens (tertiary/aromatic N) is 1. The molecule has 2 nitrogen and oxygen atoms in total. The lowest BCUT2D eigenvalue weighted by molar-refractivity contribution is 0.624. The summed E-state index contributed by atoms with van der Waals surface area (Å²) in [5.74, 6) is -0.582. The van der Waals surface area contributed by atoms with Gasteiger partial charge in [0.2, 0.25) is 0 Å². The molecule has 19 heavy (non-hydrogen) atoms. The maximum Gasteiger partial charge on any atom is 0.143 e. The van der Waals surface area contributed by atoms with Crippen LogP contribution in [0.2, 0.25) is 10.0 Å². The predicted octanol–water partition coefficient (Wildman–Crippen LogP) is 5.06. The summed E-state index contributed by atoms with van der Waals surface area (Å²) in [5.41, 5.74) is 1.95. The fourth-order valence-corrected chi connectivity index (χ4v) is 2.01. The maximum atomic E-state index is 13.5. The molecule has 0 atom stereocenters. The molecule has 0 aliphatic rings. The van der Waals surface area contributed by atoms with Crippen LogP contribution in [0.4, 0.5) is 15.8 Å². The Morgan fingerprint density at radius 1 is 1.16 bits per heavy atom. The van der Waals surface area contributed by atoms with Crippen LogP contribution >= 0.6 is 23.2 Å². The topological polar surface area (TPSA) is 35.8 Å². The van der Waals surface area contributed by atoms with E-state index in [1.807, 2.05) is 6.92 Å². The normalized spacial score (nSPS) is 10.1. The van der Waals surface area contributed by atoms with E-state index in [1.54, 1.807) is 24.3 Å². The minimum absolute atomic E-state index is 0.00131. The Labute approximate surface area is 120 Å². The van der Waals surface area contributed by atoms with Crippen molar-refractivity contribution in [2.75, 3.05) is 5.32 Å². The zero-order chi connectivity index (χ0) is 14.0. The molecule has 0 fully saturated rings. The number of nitrogens with one attached hydrogen (secondary N) is 1. The monoisotopic (exact) mass is 294 g/mol. The summed E-state index contributed by atoms with van der Waals surface area (Å²) in [6.07, 6.45) is 0. The second-order valence-corrected chi connectivity index (χ2v) is 4.83. The van der Waals surface area contributed by atoms with Gasteiger partial charge in [-0.15, -0.1) is 0 Å². The first-order chi connectivity index (χ1) is 9.01. The molecule has 0 saturated heterocycles. The third kappa shape index (κ3) is 2.98. The van der Waals surface area contributed by atoms with Crippen molar-refractivity contribution in [2.24, 2.45) is 0 Å². The van der Waals surface area contributed by atoms with Gasteiger partial charge in [-0.3, -0.25) is 0 Å². The second kappa shape index (κ2) is 5.48. The van der Waals surface area contributed by atoms with Gasteiger partial charge in [0.25, 0.3) is 0 Å². The van der Waals surface area contributed by atoms with Crippen LogP contribution < -0.4 is 5.32 Å². The highest BCUT2D eigenvalue weighted by atomic mass is 35.5. The SMILES string of the molecule is Cc1cc(Cl)c(Nc2ccc(C#N)c(F)c2)cc1Cl. The summed E-state index contributed by atoms with van der Waals surface area (Å²) in [4.78, 5) is 0. The molecule has 2 aromatic carbocycles. The summed E-state index contributed by atoms with van der Waals surface area (Å²) in [5, 5.41) is 12.7. The molecule has 0 aliphatic carbocycles. The van der Waals surface area contributed by atoms with Crippen LogP contribution in [0.5, 0.6) is 0 Å². The lowest BCUT2D eigenvalue weighted by Gasteiger charge is -2.10. The molecule has 96 valence electrons. The van der Waals surface area contributed by atoms with Crippen LogP contribution in [0.1, 0.15) is 11.1 Å². The molecular formula is C14H9Cl2FN2. The number of halogens is 3. The number of hydrogen-bond donors (Lipinski definition) is 1. The van der Waals surface area contributed by atoms with Gasteiger partial charge >= 0.3 is 0 Å². The fourth-order valence-electron chi connectivity index (χ4n) is 1.58. The third-order valence-corrected chi connectivity index (χ3v) is 3.34. The van der Waals surface area contributed by atoms with Crippen molar-refractivity contribution in [1.29, 1.82) is 5.26 Å². The van der Waals surface area contributed by atoms with E-state index in [9.17, 15) is 4.39 Å². The molecule has 0 aromatic heterocycles. The Morgan fingerprint density at radius 3 is 2.53 bits per heavy atom. The molecule has 0 amide bonds. The molecule has 0 spiro atoms. The van der Waals surface area contributed by atoms with Crippen molar-refractivity contribution in [3.05, 3.63) is 57.3 Å². The minimum atomic E-state index is -0.582. The first-order valence-electron chi connectivity index (χ1n) is 5.43. The van der Waals surface area contributed by atoms with Gasteiger partial charge in [-0.05, 0) is 42.8 Å². The molecule has 0 saturated carbocycles. The standard InChI is InChI=1S/C14H9Cl2FN2/c1-8-4-12(16)14(6-11(8)15)19-10-3-2-9(7-18)13(17)5-10/h2-6,19H,1H3. The highest BCUT2D eigenvalue weighted by Crippen LogP contribution is 2.31. The quantitative estimate of drug-likeness (QED) is 0.841. The number of nitriles is 1. The third-order valence-electron chi connectivity index (χ3n) is 2.62. The molecule has 5 heteroatoms. The molecule has 0 radical (unpaired) electrons. The van der Waals surface area contributed by atoms with Crippen molar-refractivity contribution >= 4 is 34.6 Å². The Kier molecular flexibility index (Phi) is 3.94. The molecule has 2 aromatic rings. The largest absolute Gasteiger partial charge is 0.354 e. The van der Waals surface area contributed by atoms with Crippen molar-refractivity contribution < 1.29 is 4.39 Å². The lowest BCUT2D eigenvalue weighted by atomic mass is 10.2. The number of benzene rings is 2. The van der Waals surface area contributed by atoms with Gasteiger partial charge in [-0.2, -0.15) is 5.26 Å². The van der Waals surface area contributed by atoms with Crippen LogP contribution in [-0.4, -0.2) is 0 Å². The van der Waals surface area contributed by atoms with Gasteiger partial charge in [0.1, 0.15) is 11.9 Å². The second-order valence-electron chi connectivity index (χ2n) is 4.01. The van der Waals surface area contributed by atoms with E-state index in [2.05, 4.69) is 5.32 Å². The summed E-state index contributed by atoms with van der Waals surface area (Å²) < 4.78 is 13.5. The summed E-state index contributed by atoms with van der Waals surface area (Å²) in [7, 11) is 0. The first kappa shape index (κ1) is 13.7. The Hall–Kier alpha value is -1.76. The highest BCUT2D eigenvalue weighted by molar-refractivity contribution is 6.35. The maximum absolute atomic E-state index is 13.5. The summed E-state index contributed by atoms with van der Waals surface area (Å²) >= 11 is 12.1. The molecule has 2 rings (SSSR count). The van der Waals surface area contributed by atoms with Gasteiger partial charge in [-0.1, -0.05) is 23.2 Å². The minimum Gasteiger partial charge on any atom is -0.354 e. The van der Waals surface area contributed by atoms with Crippen LogP contribution in [0.3, 0.4) is 0 Å². The zero-order valence-electron chi connectivity index (χ0n) is 9.97. The smallest absolute Gasteiger partial charge is 0.143 e. The van der Waals surface area contributed by atoms with E-state index in [0.29, 0.717) is 21.4 Å². The van der Waals surface area contributed by atoms with Crippen molar-refractivity contribution in [3.8, 4) is 6.07 Å².